The molecule has 0 amide bonds. The summed E-state index contributed by atoms with van der Waals surface area (Å²) >= 11 is 1.51. The van der Waals surface area contributed by atoms with E-state index in [1.54, 1.807) is 6.92 Å². The Bertz CT molecular complexity index is 225. The molecule has 0 saturated heterocycles. The van der Waals surface area contributed by atoms with Gasteiger partial charge in [-0.05, 0) is 13.8 Å². The van der Waals surface area contributed by atoms with Crippen molar-refractivity contribution in [2.45, 2.75) is 25.6 Å². The first-order valence-corrected chi connectivity index (χ1v) is 4.77. The van der Waals surface area contributed by atoms with Gasteiger partial charge in [-0.15, -0.1) is 0 Å². The number of Topliss-reactive ketones (excluding diaryl/α,β-unsaturated/α-hetero) is 1. The summed E-state index contributed by atoms with van der Waals surface area (Å²) in [5.41, 5.74) is 1.02. The normalized spacial score (nSPS) is 22.8. The number of nitrogens with one attached hydrogen (secondary N) is 1. The zero-order valence-corrected chi connectivity index (χ0v) is 8.07. The molecule has 12 heavy (non-hydrogen) atoms. The van der Waals surface area contributed by atoms with E-state index in [-0.39, 0.29) is 17.8 Å². The summed E-state index contributed by atoms with van der Waals surface area (Å²) in [7, 11) is 0. The zero-order valence-electron chi connectivity index (χ0n) is 7.26. The average molecular weight is 187 g/mol. The molecule has 0 fully saturated rings. The van der Waals surface area contributed by atoms with Crippen LogP contribution in [0.1, 0.15) is 20.3 Å². The van der Waals surface area contributed by atoms with Crippen LogP contribution in [-0.2, 0) is 4.79 Å². The summed E-state index contributed by atoms with van der Waals surface area (Å²) in [5, 5.41) is 11.6. The lowest BCUT2D eigenvalue weighted by Gasteiger charge is -2.05. The number of carbonyl (C=O) groups is 1. The molecule has 0 aromatic carbocycles. The molecule has 0 aromatic rings. The van der Waals surface area contributed by atoms with E-state index in [1.807, 2.05) is 6.92 Å². The minimum Gasteiger partial charge on any atom is -0.396 e. The topological polar surface area (TPSA) is 49.3 Å². The highest BCUT2D eigenvalue weighted by Crippen LogP contribution is 2.32. The van der Waals surface area contributed by atoms with Crippen molar-refractivity contribution in [2.75, 3.05) is 6.61 Å². The van der Waals surface area contributed by atoms with Gasteiger partial charge in [0.05, 0.1) is 0 Å². The summed E-state index contributed by atoms with van der Waals surface area (Å²) in [4.78, 5) is 12.1. The summed E-state index contributed by atoms with van der Waals surface area (Å²) in [6.45, 7) is 3.65. The maximum absolute atomic E-state index is 11.0. The molecule has 0 spiro atoms. The minimum atomic E-state index is -0.133. The molecule has 4 heteroatoms. The third kappa shape index (κ3) is 2.01. The van der Waals surface area contributed by atoms with Gasteiger partial charge in [-0.2, -0.15) is 0 Å². The predicted molar refractivity (Wildman–Crippen MR) is 49.6 cm³/mol. The van der Waals surface area contributed by atoms with Crippen molar-refractivity contribution in [1.82, 2.24) is 5.32 Å². The van der Waals surface area contributed by atoms with E-state index in [2.05, 4.69) is 5.32 Å². The molecule has 1 aliphatic heterocycles. The van der Waals surface area contributed by atoms with E-state index in [4.69, 9.17) is 5.11 Å². The molecule has 68 valence electrons. The van der Waals surface area contributed by atoms with Crippen LogP contribution in [-0.4, -0.2) is 22.9 Å². The van der Waals surface area contributed by atoms with Crippen molar-refractivity contribution in [1.29, 1.82) is 0 Å². The first kappa shape index (κ1) is 9.61. The van der Waals surface area contributed by atoms with Gasteiger partial charge in [0.2, 0.25) is 0 Å². The van der Waals surface area contributed by atoms with Crippen molar-refractivity contribution in [3.05, 3.63) is 10.6 Å². The maximum atomic E-state index is 11.0. The van der Waals surface area contributed by atoms with E-state index >= 15 is 0 Å². The van der Waals surface area contributed by atoms with Gasteiger partial charge in [-0.25, -0.2) is 0 Å². The van der Waals surface area contributed by atoms with Gasteiger partial charge >= 0.3 is 0 Å². The third-order valence-electron chi connectivity index (χ3n) is 1.73. The van der Waals surface area contributed by atoms with Crippen LogP contribution >= 0.6 is 11.8 Å². The van der Waals surface area contributed by atoms with Gasteiger partial charge in [-0.1, -0.05) is 11.8 Å². The molecule has 0 aromatic heterocycles. The second-order valence-corrected chi connectivity index (χ2v) is 3.97. The molecule has 0 radical (unpaired) electrons. The van der Waals surface area contributed by atoms with Crippen molar-refractivity contribution in [3.63, 3.8) is 0 Å². The van der Waals surface area contributed by atoms with Gasteiger partial charge in [0.25, 0.3) is 0 Å². The molecule has 0 aliphatic carbocycles. The van der Waals surface area contributed by atoms with E-state index in [0.29, 0.717) is 6.42 Å². The molecule has 2 N–H and O–H groups in total. The van der Waals surface area contributed by atoms with E-state index < -0.39 is 0 Å². The molecule has 1 heterocycles. The summed E-state index contributed by atoms with van der Waals surface area (Å²) in [6.07, 6.45) is 0.646. The van der Waals surface area contributed by atoms with Gasteiger partial charge in [0, 0.05) is 23.6 Å². The molecule has 1 unspecified atom stereocenters. The number of hydrogen-bond acceptors (Lipinski definition) is 4. The predicted octanol–water partition coefficient (Wildman–Crippen LogP) is 0.852. The zero-order chi connectivity index (χ0) is 9.14. The second-order valence-electron chi connectivity index (χ2n) is 2.77. The molecular weight excluding hydrogens is 174 g/mol. The fraction of sp³-hybridized carbons (Fsp3) is 0.625. The minimum absolute atomic E-state index is 0.132. The number of allylic oxidation sites excluding steroid dienone is 1. The molecule has 1 rings (SSSR count). The summed E-state index contributed by atoms with van der Waals surface area (Å²) < 4.78 is 0. The summed E-state index contributed by atoms with van der Waals surface area (Å²) in [6, 6.07) is 0. The molecule has 0 saturated carbocycles. The molecule has 3 nitrogen and oxygen atoms in total. The quantitative estimate of drug-likeness (QED) is 0.687. The Morgan fingerprint density at radius 1 is 1.75 bits per heavy atom. The van der Waals surface area contributed by atoms with Crippen LogP contribution < -0.4 is 5.32 Å². The first-order chi connectivity index (χ1) is 5.65. The van der Waals surface area contributed by atoms with Gasteiger partial charge < -0.3 is 10.4 Å². The highest BCUT2D eigenvalue weighted by Gasteiger charge is 2.24. The van der Waals surface area contributed by atoms with E-state index in [9.17, 15) is 4.79 Å². The average Bonchev–Trinajstić information content (AvgIpc) is 2.34. The Labute approximate surface area is 76.2 Å². The van der Waals surface area contributed by atoms with Gasteiger partial charge in [0.15, 0.2) is 5.78 Å². The number of rotatable bonds is 3. The number of carbonyl (C=O) groups excluding carboxylic acids is 1. The van der Waals surface area contributed by atoms with Crippen molar-refractivity contribution >= 4 is 17.5 Å². The van der Waals surface area contributed by atoms with Crippen LogP contribution in [0.2, 0.25) is 0 Å². The van der Waals surface area contributed by atoms with E-state index in [0.717, 1.165) is 10.6 Å². The molecular formula is C8H13NO2S. The summed E-state index contributed by atoms with van der Waals surface area (Å²) in [5.74, 6) is 0.132. The Morgan fingerprint density at radius 3 is 2.83 bits per heavy atom. The van der Waals surface area contributed by atoms with Crippen molar-refractivity contribution in [2.24, 2.45) is 0 Å². The van der Waals surface area contributed by atoms with Crippen LogP contribution in [0, 0.1) is 0 Å². The van der Waals surface area contributed by atoms with Crippen LogP contribution in [0.4, 0.5) is 0 Å². The number of ketones is 1. The molecule has 1 aliphatic rings. The second kappa shape index (κ2) is 3.96. The van der Waals surface area contributed by atoms with Crippen LogP contribution in [0.25, 0.3) is 0 Å². The molecule has 1 atom stereocenters. The fourth-order valence-electron chi connectivity index (χ4n) is 1.07. The van der Waals surface area contributed by atoms with Crippen molar-refractivity contribution < 1.29 is 9.90 Å². The fourth-order valence-corrected chi connectivity index (χ4v) is 2.20. The number of aliphatic hydroxyl groups excluding tert-OH is 1. The van der Waals surface area contributed by atoms with Crippen molar-refractivity contribution in [3.8, 4) is 0 Å². The lowest BCUT2D eigenvalue weighted by molar-refractivity contribution is -0.116. The lowest BCUT2D eigenvalue weighted by Crippen LogP contribution is -2.26. The Kier molecular flexibility index (Phi) is 3.17. The highest BCUT2D eigenvalue weighted by molar-refractivity contribution is 8.04. The number of aliphatic hydroxyl groups is 1. The van der Waals surface area contributed by atoms with Crippen LogP contribution in [0.5, 0.6) is 0 Å². The lowest BCUT2D eigenvalue weighted by atomic mass is 10.3. The highest BCUT2D eigenvalue weighted by atomic mass is 32.2. The Morgan fingerprint density at radius 2 is 2.42 bits per heavy atom. The van der Waals surface area contributed by atoms with E-state index in [1.165, 1.54) is 11.8 Å². The largest absolute Gasteiger partial charge is 0.396 e. The molecule has 0 bridgehead atoms. The Balaban J connectivity index is 2.55. The standard InChI is InChI=1S/C8H13NO2S/c1-5-7(3-4-10)12-8(9-5)6(2)11/h8-10H,3-4H2,1-2H3. The number of hydrogen-bond donors (Lipinski definition) is 2. The smallest absolute Gasteiger partial charge is 0.162 e. The maximum Gasteiger partial charge on any atom is 0.162 e. The van der Waals surface area contributed by atoms with Crippen LogP contribution in [0.3, 0.4) is 0 Å². The monoisotopic (exact) mass is 187 g/mol. The van der Waals surface area contributed by atoms with Crippen LogP contribution in [0.15, 0.2) is 10.6 Å². The van der Waals surface area contributed by atoms with Gasteiger partial charge in [0.1, 0.15) is 5.37 Å². The Hall–Kier alpha value is -0.480. The van der Waals surface area contributed by atoms with Gasteiger partial charge in [-0.3, -0.25) is 4.79 Å². The SMILES string of the molecule is CC(=O)C1NC(C)=C(CCO)S1. The third-order valence-corrected chi connectivity index (χ3v) is 3.21. The number of thioether (sulfide) groups is 1. The first-order valence-electron chi connectivity index (χ1n) is 3.89.